The topological polar surface area (TPSA) is 109 Å². The van der Waals surface area contributed by atoms with Crippen molar-refractivity contribution in [3.63, 3.8) is 0 Å². The van der Waals surface area contributed by atoms with Gasteiger partial charge in [0.15, 0.2) is 6.04 Å². The first-order valence-electron chi connectivity index (χ1n) is 11.6. The summed E-state index contributed by atoms with van der Waals surface area (Å²) in [6.45, 7) is 3.42. The van der Waals surface area contributed by atoms with Crippen LogP contribution in [0.15, 0.2) is 36.5 Å². The van der Waals surface area contributed by atoms with Crippen molar-refractivity contribution in [2.24, 2.45) is 0 Å². The third-order valence-electron chi connectivity index (χ3n) is 6.92. The molecule has 9 nitrogen and oxygen atoms in total. The molecule has 37 heavy (non-hydrogen) atoms. The zero-order chi connectivity index (χ0) is 26.6. The second kappa shape index (κ2) is 9.42. The van der Waals surface area contributed by atoms with E-state index in [0.717, 1.165) is 0 Å². The smallest absolute Gasteiger partial charge is 0.330 e. The van der Waals surface area contributed by atoms with E-state index in [1.807, 2.05) is 6.92 Å². The minimum absolute atomic E-state index is 0.0590. The fourth-order valence-electron chi connectivity index (χ4n) is 4.89. The van der Waals surface area contributed by atoms with E-state index in [2.05, 4.69) is 10.1 Å². The van der Waals surface area contributed by atoms with Gasteiger partial charge in [-0.05, 0) is 44.2 Å². The van der Waals surface area contributed by atoms with Crippen molar-refractivity contribution in [3.05, 3.63) is 80.6 Å². The van der Waals surface area contributed by atoms with Gasteiger partial charge in [0.25, 0.3) is 11.8 Å². The molecule has 0 saturated heterocycles. The van der Waals surface area contributed by atoms with Crippen LogP contribution in [0.5, 0.6) is 0 Å². The van der Waals surface area contributed by atoms with Crippen LogP contribution in [-0.2, 0) is 17.8 Å². The molecule has 0 aliphatic carbocycles. The van der Waals surface area contributed by atoms with Crippen LogP contribution in [0.25, 0.3) is 0 Å². The Labute approximate surface area is 221 Å². The third kappa shape index (κ3) is 4.34. The summed E-state index contributed by atoms with van der Waals surface area (Å²) in [5.41, 5.74) is 1.80. The molecule has 1 unspecified atom stereocenters. The fraction of sp³-hybridized carbons (Fsp3) is 0.320. The molecular weight excluding hydrogens is 524 g/mol. The van der Waals surface area contributed by atoms with Crippen molar-refractivity contribution < 1.29 is 23.9 Å². The Hall–Kier alpha value is -3.50. The monoisotopic (exact) mass is 545 g/mol. The Morgan fingerprint density at radius 2 is 1.95 bits per heavy atom. The second-order valence-electron chi connectivity index (χ2n) is 9.22. The van der Waals surface area contributed by atoms with Gasteiger partial charge in [-0.1, -0.05) is 23.2 Å². The Balaban J connectivity index is 1.53. The number of hydrogen-bond donors (Lipinski definition) is 1. The summed E-state index contributed by atoms with van der Waals surface area (Å²) in [5.74, 6) is -2.43. The summed E-state index contributed by atoms with van der Waals surface area (Å²) < 4.78 is 15.1. The number of rotatable bonds is 4. The zero-order valence-electron chi connectivity index (χ0n) is 19.9. The van der Waals surface area contributed by atoms with E-state index >= 15 is 0 Å². The Morgan fingerprint density at radius 1 is 1.19 bits per heavy atom. The summed E-state index contributed by atoms with van der Waals surface area (Å²) >= 11 is 12.1. The number of carbonyl (C=O) groups excluding carboxylic acids is 2. The van der Waals surface area contributed by atoms with E-state index in [-0.39, 0.29) is 35.8 Å². The number of carbonyl (C=O) groups is 3. The average molecular weight is 546 g/mol. The molecule has 2 aromatic heterocycles. The van der Waals surface area contributed by atoms with Gasteiger partial charge in [0.1, 0.15) is 11.5 Å². The summed E-state index contributed by atoms with van der Waals surface area (Å²) in [5, 5.41) is 15.0. The lowest BCUT2D eigenvalue weighted by atomic mass is 9.97. The Morgan fingerprint density at radius 3 is 2.62 bits per heavy atom. The molecule has 3 atom stereocenters. The van der Waals surface area contributed by atoms with Gasteiger partial charge in [0.05, 0.1) is 40.6 Å². The van der Waals surface area contributed by atoms with Crippen LogP contribution < -0.4 is 0 Å². The van der Waals surface area contributed by atoms with Gasteiger partial charge in [-0.3, -0.25) is 14.6 Å². The SMILES string of the molecule is CC(c1cc(F)ccn1)N1C[C@@H](C(=O)O)n2nc3c(c2C1=O)CN(C(=O)c1ccc(Cl)c(Cl)c1)[C@H](C)C3. The second-order valence-corrected chi connectivity index (χ2v) is 10.0. The number of aromatic nitrogens is 3. The maximum atomic E-state index is 13.8. The highest BCUT2D eigenvalue weighted by Gasteiger charge is 2.44. The lowest BCUT2D eigenvalue weighted by molar-refractivity contribution is -0.142. The number of hydrogen-bond acceptors (Lipinski definition) is 5. The molecule has 3 aromatic rings. The quantitative estimate of drug-likeness (QED) is 0.527. The van der Waals surface area contributed by atoms with Crippen LogP contribution >= 0.6 is 23.2 Å². The first-order chi connectivity index (χ1) is 17.6. The number of benzene rings is 1. The van der Waals surface area contributed by atoms with Gasteiger partial charge in [-0.15, -0.1) is 0 Å². The highest BCUT2D eigenvalue weighted by atomic mass is 35.5. The van der Waals surface area contributed by atoms with E-state index in [9.17, 15) is 23.9 Å². The number of fused-ring (bicyclic) bond motifs is 3. The average Bonchev–Trinajstić information content (AvgIpc) is 3.23. The van der Waals surface area contributed by atoms with Crippen LogP contribution in [0.4, 0.5) is 4.39 Å². The van der Waals surface area contributed by atoms with Gasteiger partial charge in [0, 0.05) is 29.8 Å². The molecule has 192 valence electrons. The Kier molecular flexibility index (Phi) is 6.41. The maximum absolute atomic E-state index is 13.8. The largest absolute Gasteiger partial charge is 0.480 e. The standard InChI is InChI=1S/C25H22Cl2FN5O4/c1-12-7-20-16(10-31(12)23(34)14-3-4-17(26)18(27)8-14)22-24(35)32(11-21(25(36)37)33(22)30-20)13(2)19-9-15(28)5-6-29-19/h3-6,8-9,12-13,21H,7,10-11H2,1-2H3,(H,36,37)/t12-,13?,21+/m1/s1. The number of amides is 2. The summed E-state index contributed by atoms with van der Waals surface area (Å²) in [7, 11) is 0. The first-order valence-corrected chi connectivity index (χ1v) is 12.3. The van der Waals surface area contributed by atoms with Crippen LogP contribution in [0.2, 0.25) is 10.0 Å². The molecule has 12 heteroatoms. The number of nitrogens with zero attached hydrogens (tertiary/aromatic N) is 5. The van der Waals surface area contributed by atoms with E-state index in [4.69, 9.17) is 23.2 Å². The van der Waals surface area contributed by atoms with Crippen molar-refractivity contribution in [3.8, 4) is 0 Å². The molecule has 2 aliphatic rings. The van der Waals surface area contributed by atoms with Gasteiger partial charge in [0.2, 0.25) is 0 Å². The number of halogens is 3. The van der Waals surface area contributed by atoms with Gasteiger partial charge >= 0.3 is 5.97 Å². The number of pyridine rings is 1. The van der Waals surface area contributed by atoms with E-state index in [0.29, 0.717) is 34.0 Å². The molecule has 2 aliphatic heterocycles. The minimum atomic E-state index is -1.16. The minimum Gasteiger partial charge on any atom is -0.480 e. The predicted molar refractivity (Wildman–Crippen MR) is 132 cm³/mol. The van der Waals surface area contributed by atoms with Crippen LogP contribution in [0, 0.1) is 5.82 Å². The molecule has 4 heterocycles. The molecule has 1 N–H and O–H groups in total. The number of carboxylic acids is 1. The highest BCUT2D eigenvalue weighted by molar-refractivity contribution is 6.42. The summed E-state index contributed by atoms with van der Waals surface area (Å²) in [6.07, 6.45) is 1.63. The number of carboxylic acid groups (broad SMARTS) is 1. The van der Waals surface area contributed by atoms with Crippen molar-refractivity contribution in [1.82, 2.24) is 24.6 Å². The molecule has 2 amide bonds. The Bertz CT molecular complexity index is 1440. The first kappa shape index (κ1) is 25.2. The molecule has 0 fully saturated rings. The van der Waals surface area contributed by atoms with Crippen molar-refractivity contribution >= 4 is 41.0 Å². The van der Waals surface area contributed by atoms with Crippen LogP contribution in [-0.4, -0.2) is 60.0 Å². The van der Waals surface area contributed by atoms with Gasteiger partial charge in [-0.2, -0.15) is 5.10 Å². The molecule has 0 radical (unpaired) electrons. The molecule has 1 aromatic carbocycles. The highest BCUT2D eigenvalue weighted by Crippen LogP contribution is 2.35. The van der Waals surface area contributed by atoms with Crippen molar-refractivity contribution in [2.45, 2.75) is 44.9 Å². The lowest BCUT2D eigenvalue weighted by Gasteiger charge is -2.37. The van der Waals surface area contributed by atoms with Crippen molar-refractivity contribution in [1.29, 1.82) is 0 Å². The van der Waals surface area contributed by atoms with Gasteiger partial charge in [-0.25, -0.2) is 13.9 Å². The summed E-state index contributed by atoms with van der Waals surface area (Å²) in [6, 6.07) is 4.91. The summed E-state index contributed by atoms with van der Waals surface area (Å²) in [4.78, 5) is 46.5. The van der Waals surface area contributed by atoms with Crippen LogP contribution in [0.1, 0.15) is 63.7 Å². The van der Waals surface area contributed by atoms with Crippen LogP contribution in [0.3, 0.4) is 0 Å². The molecular formula is C25H22Cl2FN5O4. The van der Waals surface area contributed by atoms with E-state index in [1.54, 1.807) is 24.0 Å². The lowest BCUT2D eigenvalue weighted by Crippen LogP contribution is -2.48. The van der Waals surface area contributed by atoms with Crippen molar-refractivity contribution in [2.75, 3.05) is 6.54 Å². The van der Waals surface area contributed by atoms with Gasteiger partial charge < -0.3 is 14.9 Å². The maximum Gasteiger partial charge on any atom is 0.330 e. The molecule has 0 spiro atoms. The zero-order valence-corrected chi connectivity index (χ0v) is 21.4. The van der Waals surface area contributed by atoms with E-state index in [1.165, 1.54) is 34.0 Å². The number of aliphatic carboxylic acids is 1. The third-order valence-corrected chi connectivity index (χ3v) is 7.66. The normalized spacial score (nSPS) is 19.9. The fourth-order valence-corrected chi connectivity index (χ4v) is 5.19. The predicted octanol–water partition coefficient (Wildman–Crippen LogP) is 4.15. The van der Waals surface area contributed by atoms with E-state index < -0.39 is 29.8 Å². The molecule has 5 rings (SSSR count). The molecule has 0 bridgehead atoms. The molecule has 0 saturated carbocycles.